The standard InChI is InChI=1S/C20H29N5O2.2ClH/c1-3-25-18-17(12-16(13-22-18)19(26)27-2)23-20(25)24-10-6-15(7-11-24)14-4-8-21-9-5-14;;/h12-15,21H,3-11H2,1-2H3;2*1H. The van der Waals surface area contributed by atoms with E-state index in [1.54, 1.807) is 12.3 Å². The first kappa shape index (κ1) is 23.7. The van der Waals surface area contributed by atoms with Crippen molar-refractivity contribution in [3.05, 3.63) is 17.8 Å². The zero-order valence-corrected chi connectivity index (χ0v) is 18.7. The molecule has 0 unspecified atom stereocenters. The molecule has 2 aliphatic heterocycles. The number of aromatic nitrogens is 3. The van der Waals surface area contributed by atoms with E-state index >= 15 is 0 Å². The average molecular weight is 444 g/mol. The third-order valence-electron chi connectivity index (χ3n) is 6.18. The highest BCUT2D eigenvalue weighted by Crippen LogP contribution is 2.33. The number of fused-ring (bicyclic) bond motifs is 1. The third kappa shape index (κ3) is 4.78. The fourth-order valence-electron chi connectivity index (χ4n) is 4.65. The summed E-state index contributed by atoms with van der Waals surface area (Å²) in [5, 5.41) is 3.47. The molecule has 9 heteroatoms. The summed E-state index contributed by atoms with van der Waals surface area (Å²) in [7, 11) is 1.38. The van der Waals surface area contributed by atoms with E-state index in [4.69, 9.17) is 9.72 Å². The molecule has 2 fully saturated rings. The quantitative estimate of drug-likeness (QED) is 0.730. The van der Waals surface area contributed by atoms with E-state index < -0.39 is 0 Å². The van der Waals surface area contributed by atoms with Crippen molar-refractivity contribution in [3.63, 3.8) is 0 Å². The predicted molar refractivity (Wildman–Crippen MR) is 120 cm³/mol. The van der Waals surface area contributed by atoms with Gasteiger partial charge in [0.15, 0.2) is 5.65 Å². The lowest BCUT2D eigenvalue weighted by atomic mass is 9.79. The summed E-state index contributed by atoms with van der Waals surface area (Å²) < 4.78 is 6.96. The van der Waals surface area contributed by atoms with Gasteiger partial charge in [0.1, 0.15) is 5.52 Å². The van der Waals surface area contributed by atoms with Gasteiger partial charge in [-0.05, 0) is 63.6 Å². The van der Waals surface area contributed by atoms with Crippen LogP contribution in [0.1, 0.15) is 43.0 Å². The molecule has 0 radical (unpaired) electrons. The lowest BCUT2D eigenvalue weighted by Crippen LogP contribution is -2.40. The molecule has 0 saturated carbocycles. The minimum absolute atomic E-state index is 0. The summed E-state index contributed by atoms with van der Waals surface area (Å²) in [6.45, 7) is 7.35. The van der Waals surface area contributed by atoms with Crippen molar-refractivity contribution in [2.45, 2.75) is 39.2 Å². The van der Waals surface area contributed by atoms with Gasteiger partial charge >= 0.3 is 5.97 Å². The lowest BCUT2D eigenvalue weighted by molar-refractivity contribution is 0.0600. The summed E-state index contributed by atoms with van der Waals surface area (Å²) in [6, 6.07) is 1.78. The van der Waals surface area contributed by atoms with E-state index in [0.29, 0.717) is 5.56 Å². The number of aryl methyl sites for hydroxylation is 1. The number of anilines is 1. The molecule has 2 aromatic heterocycles. The van der Waals surface area contributed by atoms with Crippen molar-refractivity contribution in [1.82, 2.24) is 19.9 Å². The Morgan fingerprint density at radius 3 is 2.45 bits per heavy atom. The molecule has 0 aromatic carbocycles. The van der Waals surface area contributed by atoms with Crippen molar-refractivity contribution in [3.8, 4) is 0 Å². The van der Waals surface area contributed by atoms with Crippen molar-refractivity contribution in [1.29, 1.82) is 0 Å². The second-order valence-electron chi connectivity index (χ2n) is 7.63. The van der Waals surface area contributed by atoms with Crippen molar-refractivity contribution >= 4 is 47.9 Å². The van der Waals surface area contributed by atoms with Crippen LogP contribution >= 0.6 is 24.8 Å². The first-order valence-corrected chi connectivity index (χ1v) is 10.1. The molecule has 29 heavy (non-hydrogen) atoms. The van der Waals surface area contributed by atoms with Crippen LogP contribution in [0.2, 0.25) is 0 Å². The van der Waals surface area contributed by atoms with Crippen molar-refractivity contribution < 1.29 is 9.53 Å². The summed E-state index contributed by atoms with van der Waals surface area (Å²) in [5.74, 6) is 2.32. The maximum atomic E-state index is 11.8. The van der Waals surface area contributed by atoms with E-state index in [9.17, 15) is 4.79 Å². The Labute approximate surface area is 184 Å². The monoisotopic (exact) mass is 443 g/mol. The smallest absolute Gasteiger partial charge is 0.339 e. The maximum absolute atomic E-state index is 11.8. The Bertz CT molecular complexity index is 815. The lowest BCUT2D eigenvalue weighted by Gasteiger charge is -2.38. The molecular formula is C20H31Cl2N5O2. The summed E-state index contributed by atoms with van der Waals surface area (Å²) in [6.07, 6.45) is 6.68. The topological polar surface area (TPSA) is 72.3 Å². The number of methoxy groups -OCH3 is 1. The van der Waals surface area contributed by atoms with Crippen LogP contribution in [0.5, 0.6) is 0 Å². The largest absolute Gasteiger partial charge is 0.465 e. The Morgan fingerprint density at radius 1 is 1.17 bits per heavy atom. The number of hydrogen-bond acceptors (Lipinski definition) is 6. The van der Waals surface area contributed by atoms with Gasteiger partial charge in [-0.25, -0.2) is 14.8 Å². The highest BCUT2D eigenvalue weighted by atomic mass is 35.5. The number of imidazole rings is 1. The Kier molecular flexibility index (Phi) is 8.55. The van der Waals surface area contributed by atoms with Gasteiger partial charge in [-0.1, -0.05) is 0 Å². The van der Waals surface area contributed by atoms with Gasteiger partial charge in [0.2, 0.25) is 5.95 Å². The van der Waals surface area contributed by atoms with E-state index in [1.807, 2.05) is 0 Å². The summed E-state index contributed by atoms with van der Waals surface area (Å²) >= 11 is 0. The zero-order chi connectivity index (χ0) is 18.8. The maximum Gasteiger partial charge on any atom is 0.339 e. The number of halogens is 2. The van der Waals surface area contributed by atoms with E-state index in [2.05, 4.69) is 26.7 Å². The molecule has 0 atom stereocenters. The fourth-order valence-corrected chi connectivity index (χ4v) is 4.65. The van der Waals surface area contributed by atoms with Crippen LogP contribution in [0.15, 0.2) is 12.3 Å². The molecule has 2 aliphatic rings. The van der Waals surface area contributed by atoms with Gasteiger partial charge < -0.3 is 15.0 Å². The second-order valence-corrected chi connectivity index (χ2v) is 7.63. The van der Waals surface area contributed by atoms with Crippen LogP contribution in [0.4, 0.5) is 5.95 Å². The number of nitrogens with one attached hydrogen (secondary N) is 1. The summed E-state index contributed by atoms with van der Waals surface area (Å²) in [4.78, 5) is 23.5. The normalized spacial score (nSPS) is 18.2. The number of pyridine rings is 1. The molecule has 2 aromatic rings. The molecule has 4 heterocycles. The van der Waals surface area contributed by atoms with Crippen LogP contribution < -0.4 is 10.2 Å². The van der Waals surface area contributed by atoms with Crippen molar-refractivity contribution in [2.24, 2.45) is 11.8 Å². The van der Waals surface area contributed by atoms with E-state index in [0.717, 1.165) is 48.6 Å². The number of hydrogen-bond donors (Lipinski definition) is 1. The number of piperidine rings is 2. The Balaban J connectivity index is 0.00000150. The minimum Gasteiger partial charge on any atom is -0.465 e. The molecule has 1 N–H and O–H groups in total. The SMILES string of the molecule is CCn1c(N2CCC(C3CCNCC3)CC2)nc2cc(C(=O)OC)cnc21.Cl.Cl. The first-order valence-electron chi connectivity index (χ1n) is 10.1. The molecule has 7 nitrogen and oxygen atoms in total. The van der Waals surface area contributed by atoms with Gasteiger partial charge in [-0.15, -0.1) is 24.8 Å². The molecule has 0 aliphatic carbocycles. The average Bonchev–Trinajstić information content (AvgIpc) is 3.11. The Hall–Kier alpha value is -1.57. The van der Waals surface area contributed by atoms with Gasteiger partial charge in [0, 0.05) is 25.8 Å². The number of rotatable bonds is 4. The molecule has 0 spiro atoms. The predicted octanol–water partition coefficient (Wildman–Crippen LogP) is 3.30. The molecule has 4 rings (SSSR count). The Morgan fingerprint density at radius 2 is 1.83 bits per heavy atom. The number of carbonyl (C=O) groups is 1. The number of ether oxygens (including phenoxy) is 1. The highest BCUT2D eigenvalue weighted by molar-refractivity contribution is 5.92. The molecule has 2 saturated heterocycles. The molecule has 0 amide bonds. The van der Waals surface area contributed by atoms with Gasteiger partial charge in [-0.3, -0.25) is 4.57 Å². The zero-order valence-electron chi connectivity index (χ0n) is 17.1. The number of esters is 1. The molecule has 162 valence electrons. The van der Waals surface area contributed by atoms with E-state index in [-0.39, 0.29) is 30.8 Å². The van der Waals surface area contributed by atoms with Gasteiger partial charge in [0.05, 0.1) is 12.7 Å². The summed E-state index contributed by atoms with van der Waals surface area (Å²) in [5.41, 5.74) is 2.04. The van der Waals surface area contributed by atoms with E-state index in [1.165, 1.54) is 45.9 Å². The van der Waals surface area contributed by atoms with Crippen LogP contribution in [0.25, 0.3) is 11.2 Å². The van der Waals surface area contributed by atoms with Gasteiger partial charge in [0.25, 0.3) is 0 Å². The highest BCUT2D eigenvalue weighted by Gasteiger charge is 2.29. The second kappa shape index (κ2) is 10.5. The minimum atomic E-state index is -0.375. The number of nitrogens with zero attached hydrogens (tertiary/aromatic N) is 4. The van der Waals surface area contributed by atoms with Crippen molar-refractivity contribution in [2.75, 3.05) is 38.2 Å². The van der Waals surface area contributed by atoms with Gasteiger partial charge in [-0.2, -0.15) is 0 Å². The van der Waals surface area contributed by atoms with Crippen LogP contribution in [0, 0.1) is 11.8 Å². The number of carbonyl (C=O) groups excluding carboxylic acids is 1. The first-order chi connectivity index (χ1) is 13.2. The van der Waals surface area contributed by atoms with Crippen LogP contribution in [0.3, 0.4) is 0 Å². The molecule has 0 bridgehead atoms. The van der Waals surface area contributed by atoms with Crippen LogP contribution in [-0.2, 0) is 11.3 Å². The van der Waals surface area contributed by atoms with Crippen LogP contribution in [-0.4, -0.2) is 53.8 Å². The fraction of sp³-hybridized carbons (Fsp3) is 0.650. The third-order valence-corrected chi connectivity index (χ3v) is 6.18. The molecular weight excluding hydrogens is 413 g/mol.